The van der Waals surface area contributed by atoms with Crippen LogP contribution in [0.15, 0.2) is 48.5 Å². The molecule has 0 N–H and O–H groups in total. The molecule has 21 heavy (non-hydrogen) atoms. The molecule has 108 valence electrons. The van der Waals surface area contributed by atoms with Crippen LogP contribution >= 0.6 is 34.8 Å². The van der Waals surface area contributed by atoms with E-state index in [0.717, 1.165) is 0 Å². The number of rotatable bonds is 1. The molecule has 1 nitrogen and oxygen atoms in total. The molecular weight excluding hydrogens is 325 g/mol. The van der Waals surface area contributed by atoms with Gasteiger partial charge in [0.05, 0.1) is 6.07 Å². The lowest BCUT2D eigenvalue weighted by Gasteiger charge is -2.18. The highest BCUT2D eigenvalue weighted by Gasteiger charge is 2.34. The fourth-order valence-corrected chi connectivity index (χ4v) is 3.17. The van der Waals surface area contributed by atoms with Crippen LogP contribution in [0, 0.1) is 11.3 Å². The number of nitrogens with zero attached hydrogens (tertiary/aromatic N) is 1. The second-order valence-corrected chi connectivity index (χ2v) is 7.29. The lowest BCUT2D eigenvalue weighted by Crippen LogP contribution is -2.09. The normalized spacial score (nSPS) is 12.7. The van der Waals surface area contributed by atoms with Crippen LogP contribution in [0.4, 0.5) is 0 Å². The highest BCUT2D eigenvalue weighted by atomic mass is 35.6. The molecule has 0 fully saturated rings. The maximum atomic E-state index is 7.32. The van der Waals surface area contributed by atoms with Crippen LogP contribution in [0.3, 0.4) is 0 Å². The number of hydrogen-bond donors (Lipinski definition) is 0. The summed E-state index contributed by atoms with van der Waals surface area (Å²) in [6.07, 6.45) is 0.506. The van der Waals surface area contributed by atoms with Crippen molar-refractivity contribution in [2.45, 2.75) is 23.1 Å². The molecule has 0 aliphatic heterocycles. The Bertz CT molecular complexity index is 623. The number of halogens is 3. The van der Waals surface area contributed by atoms with Gasteiger partial charge in [-0.1, -0.05) is 83.3 Å². The third-order valence-electron chi connectivity index (χ3n) is 3.40. The zero-order valence-electron chi connectivity index (χ0n) is 11.5. The summed E-state index contributed by atoms with van der Waals surface area (Å²) in [5.74, 6) is 0.171. The van der Waals surface area contributed by atoms with E-state index < -0.39 is 3.79 Å². The van der Waals surface area contributed by atoms with Crippen LogP contribution in [0.25, 0.3) is 11.1 Å². The first-order chi connectivity index (χ1) is 9.98. The SMILES string of the molecule is CC#N.ClC(Cl)(Cl)CC1c2ccccc2-c2ccccc21. The number of nitriles is 1. The van der Waals surface area contributed by atoms with E-state index in [2.05, 4.69) is 24.3 Å². The van der Waals surface area contributed by atoms with Gasteiger partial charge in [0.15, 0.2) is 3.79 Å². The van der Waals surface area contributed by atoms with Crippen molar-refractivity contribution in [3.05, 3.63) is 59.7 Å². The molecule has 2 aromatic rings. The van der Waals surface area contributed by atoms with Gasteiger partial charge in [-0.05, 0) is 22.3 Å². The smallest absolute Gasteiger partial charge is 0.191 e. The maximum absolute atomic E-state index is 7.32. The van der Waals surface area contributed by atoms with E-state index in [-0.39, 0.29) is 5.92 Å². The van der Waals surface area contributed by atoms with Crippen LogP contribution in [-0.2, 0) is 0 Å². The Labute approximate surface area is 140 Å². The number of hydrogen-bond acceptors (Lipinski definition) is 1. The highest BCUT2D eigenvalue weighted by molar-refractivity contribution is 6.67. The highest BCUT2D eigenvalue weighted by Crippen LogP contribution is 2.50. The standard InChI is InChI=1S/C15H11Cl3.C2H3N/c16-15(17,18)9-14-12-7-3-1-5-10(12)11-6-2-4-8-13(11)14;1-2-3/h1-8,14H,9H2;1H3. The van der Waals surface area contributed by atoms with Crippen molar-refractivity contribution in [3.8, 4) is 17.2 Å². The fraction of sp³-hybridized carbons (Fsp3) is 0.235. The van der Waals surface area contributed by atoms with Crippen molar-refractivity contribution in [2.75, 3.05) is 0 Å². The zero-order chi connectivity index (χ0) is 15.5. The molecule has 0 radical (unpaired) electrons. The van der Waals surface area contributed by atoms with Gasteiger partial charge in [0.1, 0.15) is 0 Å². The molecule has 0 atom stereocenters. The molecule has 3 rings (SSSR count). The first kappa shape index (κ1) is 16.2. The van der Waals surface area contributed by atoms with Crippen molar-refractivity contribution >= 4 is 34.8 Å². The van der Waals surface area contributed by atoms with E-state index in [9.17, 15) is 0 Å². The summed E-state index contributed by atoms with van der Waals surface area (Å²) in [6.45, 7) is 1.43. The van der Waals surface area contributed by atoms with E-state index in [1.54, 1.807) is 6.07 Å². The largest absolute Gasteiger partial charge is 0.199 e. The summed E-state index contributed by atoms with van der Waals surface area (Å²) in [7, 11) is 0. The summed E-state index contributed by atoms with van der Waals surface area (Å²) < 4.78 is -1.23. The number of fused-ring (bicyclic) bond motifs is 3. The minimum Gasteiger partial charge on any atom is -0.199 e. The van der Waals surface area contributed by atoms with Crippen LogP contribution < -0.4 is 0 Å². The molecule has 0 aromatic heterocycles. The predicted octanol–water partition coefficient (Wildman–Crippen LogP) is 6.09. The van der Waals surface area contributed by atoms with Crippen molar-refractivity contribution in [1.82, 2.24) is 0 Å². The third-order valence-corrected chi connectivity index (χ3v) is 3.86. The summed E-state index contributed by atoms with van der Waals surface area (Å²) in [6, 6.07) is 18.4. The van der Waals surface area contributed by atoms with Crippen molar-refractivity contribution in [2.24, 2.45) is 0 Å². The Kier molecular flexibility index (Phi) is 5.17. The monoisotopic (exact) mass is 337 g/mol. The van der Waals surface area contributed by atoms with Crippen molar-refractivity contribution in [1.29, 1.82) is 5.26 Å². The minimum absolute atomic E-state index is 0.171. The van der Waals surface area contributed by atoms with Crippen LogP contribution in [0.2, 0.25) is 0 Å². The zero-order valence-corrected chi connectivity index (χ0v) is 13.8. The maximum Gasteiger partial charge on any atom is 0.191 e. The van der Waals surface area contributed by atoms with Crippen LogP contribution in [0.1, 0.15) is 30.4 Å². The molecule has 1 aliphatic carbocycles. The first-order valence-electron chi connectivity index (χ1n) is 6.53. The average molecular weight is 339 g/mol. The van der Waals surface area contributed by atoms with Crippen molar-refractivity contribution < 1.29 is 0 Å². The topological polar surface area (TPSA) is 23.8 Å². The lowest BCUT2D eigenvalue weighted by molar-refractivity contribution is 0.749. The summed E-state index contributed by atoms with van der Waals surface area (Å²) in [4.78, 5) is 0. The molecule has 1 aliphatic rings. The minimum atomic E-state index is -1.23. The Morgan fingerprint density at radius 2 is 1.33 bits per heavy atom. The molecule has 0 bridgehead atoms. The Hall–Kier alpha value is -1.20. The molecule has 0 unspecified atom stereocenters. The Balaban J connectivity index is 0.000000497. The average Bonchev–Trinajstić information content (AvgIpc) is 2.74. The predicted molar refractivity (Wildman–Crippen MR) is 89.9 cm³/mol. The molecular formula is C17H14Cl3N. The van der Waals surface area contributed by atoms with Gasteiger partial charge in [-0.25, -0.2) is 0 Å². The second kappa shape index (κ2) is 6.71. The van der Waals surface area contributed by atoms with Gasteiger partial charge in [-0.15, -0.1) is 0 Å². The van der Waals surface area contributed by atoms with Gasteiger partial charge in [-0.3, -0.25) is 0 Å². The van der Waals surface area contributed by atoms with Gasteiger partial charge in [0.25, 0.3) is 0 Å². The molecule has 0 spiro atoms. The second-order valence-electron chi connectivity index (χ2n) is 4.77. The Morgan fingerprint density at radius 3 is 1.71 bits per heavy atom. The molecule has 4 heteroatoms. The van der Waals surface area contributed by atoms with E-state index in [1.165, 1.54) is 29.2 Å². The third kappa shape index (κ3) is 3.71. The van der Waals surface area contributed by atoms with Gasteiger partial charge >= 0.3 is 0 Å². The fourth-order valence-electron chi connectivity index (χ4n) is 2.71. The first-order valence-corrected chi connectivity index (χ1v) is 7.67. The van der Waals surface area contributed by atoms with Gasteiger partial charge < -0.3 is 0 Å². The van der Waals surface area contributed by atoms with Crippen LogP contribution in [0.5, 0.6) is 0 Å². The molecule has 0 saturated heterocycles. The molecule has 2 aromatic carbocycles. The van der Waals surface area contributed by atoms with Gasteiger partial charge in [0.2, 0.25) is 0 Å². The van der Waals surface area contributed by atoms with E-state index in [0.29, 0.717) is 6.42 Å². The summed E-state index contributed by atoms with van der Waals surface area (Å²) in [5, 5.41) is 7.32. The van der Waals surface area contributed by atoms with Crippen LogP contribution in [-0.4, -0.2) is 3.79 Å². The molecule has 0 heterocycles. The van der Waals surface area contributed by atoms with Gasteiger partial charge in [-0.2, -0.15) is 5.26 Å². The lowest BCUT2D eigenvalue weighted by atomic mass is 9.94. The van der Waals surface area contributed by atoms with E-state index >= 15 is 0 Å². The van der Waals surface area contributed by atoms with Crippen molar-refractivity contribution in [3.63, 3.8) is 0 Å². The molecule has 0 saturated carbocycles. The van der Waals surface area contributed by atoms with Gasteiger partial charge in [0, 0.05) is 19.3 Å². The quantitative estimate of drug-likeness (QED) is 0.577. The number of alkyl halides is 3. The summed E-state index contributed by atoms with van der Waals surface area (Å²) >= 11 is 17.9. The van der Waals surface area contributed by atoms with E-state index in [4.69, 9.17) is 40.1 Å². The summed E-state index contributed by atoms with van der Waals surface area (Å²) in [5.41, 5.74) is 5.02. The Morgan fingerprint density at radius 1 is 0.952 bits per heavy atom. The number of benzene rings is 2. The molecule has 0 amide bonds. The van der Waals surface area contributed by atoms with E-state index in [1.807, 2.05) is 24.3 Å².